The van der Waals surface area contributed by atoms with Gasteiger partial charge in [-0.2, -0.15) is 0 Å². The molecule has 3 nitrogen and oxygen atoms in total. The molecule has 0 N–H and O–H groups in total. The van der Waals surface area contributed by atoms with Gasteiger partial charge < -0.3 is 9.47 Å². The van der Waals surface area contributed by atoms with Crippen LogP contribution in [0.2, 0.25) is 5.02 Å². The Morgan fingerprint density at radius 3 is 2.63 bits per heavy atom. The lowest BCUT2D eigenvalue weighted by atomic mass is 10.1. The zero-order valence-corrected chi connectivity index (χ0v) is 16.5. The molecule has 3 aromatic carbocycles. The zero-order chi connectivity index (χ0) is 18.8. The van der Waals surface area contributed by atoms with E-state index >= 15 is 0 Å². The minimum absolute atomic E-state index is 0.130. The number of benzene rings is 3. The summed E-state index contributed by atoms with van der Waals surface area (Å²) in [7, 11) is 0. The number of Topliss-reactive ketones (excluding diaryl/α,β-unsaturated/α-hetero) is 1. The van der Waals surface area contributed by atoms with Crippen molar-refractivity contribution in [2.75, 3.05) is 0 Å². The van der Waals surface area contributed by atoms with E-state index in [9.17, 15) is 4.79 Å². The molecule has 5 heteroatoms. The van der Waals surface area contributed by atoms with Crippen molar-refractivity contribution in [1.29, 1.82) is 0 Å². The second-order valence-corrected chi connectivity index (χ2v) is 7.42. The highest BCUT2D eigenvalue weighted by molar-refractivity contribution is 9.10. The fourth-order valence-electron chi connectivity index (χ4n) is 2.76. The van der Waals surface area contributed by atoms with Crippen molar-refractivity contribution in [3.05, 3.63) is 98.7 Å². The molecule has 1 aliphatic heterocycles. The van der Waals surface area contributed by atoms with Crippen LogP contribution in [0.5, 0.6) is 11.5 Å². The molecule has 1 aliphatic rings. The number of hydrogen-bond donors (Lipinski definition) is 0. The number of ether oxygens (including phenoxy) is 2. The monoisotopic (exact) mass is 440 g/mol. The van der Waals surface area contributed by atoms with Gasteiger partial charge in [0, 0.05) is 15.6 Å². The van der Waals surface area contributed by atoms with Gasteiger partial charge in [-0.15, -0.1) is 0 Å². The maximum atomic E-state index is 12.5. The van der Waals surface area contributed by atoms with Gasteiger partial charge in [-0.3, -0.25) is 4.79 Å². The molecule has 27 heavy (non-hydrogen) atoms. The smallest absolute Gasteiger partial charge is 0.231 e. The summed E-state index contributed by atoms with van der Waals surface area (Å²) in [5.41, 5.74) is 2.40. The summed E-state index contributed by atoms with van der Waals surface area (Å²) in [6.45, 7) is 0.384. The summed E-state index contributed by atoms with van der Waals surface area (Å²) in [6, 6.07) is 20.4. The van der Waals surface area contributed by atoms with Crippen LogP contribution in [0.1, 0.15) is 21.5 Å². The van der Waals surface area contributed by atoms with Crippen molar-refractivity contribution in [1.82, 2.24) is 0 Å². The molecule has 0 amide bonds. The number of carbonyl (C=O) groups is 1. The van der Waals surface area contributed by atoms with Crippen LogP contribution in [0.4, 0.5) is 0 Å². The first-order valence-corrected chi connectivity index (χ1v) is 9.47. The average molecular weight is 442 g/mol. The quantitative estimate of drug-likeness (QED) is 0.446. The van der Waals surface area contributed by atoms with Crippen LogP contribution >= 0.6 is 27.5 Å². The van der Waals surface area contributed by atoms with Gasteiger partial charge in [0.25, 0.3) is 0 Å². The van der Waals surface area contributed by atoms with Gasteiger partial charge in [-0.1, -0.05) is 51.8 Å². The molecule has 0 atom stereocenters. The van der Waals surface area contributed by atoms with Crippen LogP contribution in [0.15, 0.2) is 77.0 Å². The number of rotatable bonds is 4. The van der Waals surface area contributed by atoms with Gasteiger partial charge in [-0.25, -0.2) is 0 Å². The largest absolute Gasteiger partial charge is 0.489 e. The van der Waals surface area contributed by atoms with E-state index in [1.807, 2.05) is 48.5 Å². The molecule has 0 unspecified atom stereocenters. The molecule has 3 aromatic rings. The maximum absolute atomic E-state index is 12.5. The first-order valence-electron chi connectivity index (χ1n) is 8.29. The van der Waals surface area contributed by atoms with Gasteiger partial charge in [0.05, 0.1) is 5.56 Å². The molecule has 0 aliphatic carbocycles. The Morgan fingerprint density at radius 2 is 1.85 bits per heavy atom. The lowest BCUT2D eigenvalue weighted by Gasteiger charge is -2.07. The molecular weight excluding hydrogens is 428 g/mol. The van der Waals surface area contributed by atoms with E-state index in [0.29, 0.717) is 34.5 Å². The number of halogens is 2. The average Bonchev–Trinajstić information content (AvgIpc) is 2.97. The third-order valence-electron chi connectivity index (χ3n) is 4.10. The number of ketones is 1. The number of hydrogen-bond acceptors (Lipinski definition) is 3. The number of allylic oxidation sites excluding steroid dienone is 1. The van der Waals surface area contributed by atoms with Crippen molar-refractivity contribution in [3.63, 3.8) is 0 Å². The third-order valence-corrected chi connectivity index (χ3v) is 4.87. The summed E-state index contributed by atoms with van der Waals surface area (Å²) < 4.78 is 12.5. The Balaban J connectivity index is 1.51. The highest BCUT2D eigenvalue weighted by atomic mass is 79.9. The van der Waals surface area contributed by atoms with Gasteiger partial charge in [0.15, 0.2) is 5.76 Å². The molecule has 0 aromatic heterocycles. The van der Waals surface area contributed by atoms with E-state index in [-0.39, 0.29) is 5.78 Å². The molecule has 0 radical (unpaired) electrons. The van der Waals surface area contributed by atoms with Gasteiger partial charge in [0.1, 0.15) is 18.1 Å². The Bertz CT molecular complexity index is 1040. The van der Waals surface area contributed by atoms with E-state index in [2.05, 4.69) is 15.9 Å². The molecule has 0 fully saturated rings. The number of fused-ring (bicyclic) bond motifs is 1. The second-order valence-electron chi connectivity index (χ2n) is 6.07. The Kier molecular flexibility index (Phi) is 5.01. The predicted molar refractivity (Wildman–Crippen MR) is 109 cm³/mol. The lowest BCUT2D eigenvalue weighted by molar-refractivity contribution is 0.101. The van der Waals surface area contributed by atoms with Gasteiger partial charge >= 0.3 is 0 Å². The summed E-state index contributed by atoms with van der Waals surface area (Å²) in [5.74, 6) is 1.31. The Labute approximate surface area is 170 Å². The molecule has 0 saturated carbocycles. The fraction of sp³-hybridized carbons (Fsp3) is 0.0455. The molecule has 1 heterocycles. The highest BCUT2D eigenvalue weighted by Gasteiger charge is 2.27. The van der Waals surface area contributed by atoms with Crippen LogP contribution < -0.4 is 9.47 Å². The molecule has 0 saturated heterocycles. The van der Waals surface area contributed by atoms with Crippen LogP contribution in [-0.2, 0) is 6.61 Å². The van der Waals surface area contributed by atoms with Crippen LogP contribution in [-0.4, -0.2) is 5.78 Å². The summed E-state index contributed by atoms with van der Waals surface area (Å²) in [6.07, 6.45) is 1.74. The van der Waals surface area contributed by atoms with Gasteiger partial charge in [-0.05, 0) is 53.6 Å². The molecule has 134 valence electrons. The van der Waals surface area contributed by atoms with Crippen LogP contribution in [0.25, 0.3) is 6.08 Å². The SMILES string of the molecule is O=C1/C(=C/c2ccc(Br)cc2)Oc2cc(OCc3cccc(Cl)c3)ccc21. The minimum atomic E-state index is -0.130. The second kappa shape index (κ2) is 7.59. The number of carbonyl (C=O) groups excluding carboxylic acids is 1. The summed E-state index contributed by atoms with van der Waals surface area (Å²) >= 11 is 9.39. The standard InChI is InChI=1S/C22H14BrClO3/c23-16-6-4-14(5-7-16)11-21-22(25)19-9-8-18(12-20(19)27-21)26-13-15-2-1-3-17(24)10-15/h1-12H,13H2/b21-11-. The first kappa shape index (κ1) is 17.8. The predicted octanol–water partition coefficient (Wildman–Crippen LogP) is 6.30. The molecule has 4 rings (SSSR count). The highest BCUT2D eigenvalue weighted by Crippen LogP contribution is 2.35. The van der Waals surface area contributed by atoms with E-state index in [0.717, 1.165) is 15.6 Å². The fourth-order valence-corrected chi connectivity index (χ4v) is 3.24. The van der Waals surface area contributed by atoms with Crippen molar-refractivity contribution >= 4 is 39.4 Å². The lowest BCUT2D eigenvalue weighted by Crippen LogP contribution is -1.98. The summed E-state index contributed by atoms with van der Waals surface area (Å²) in [5, 5.41) is 0.668. The van der Waals surface area contributed by atoms with E-state index < -0.39 is 0 Å². The van der Waals surface area contributed by atoms with Crippen molar-refractivity contribution in [3.8, 4) is 11.5 Å². The Morgan fingerprint density at radius 1 is 1.04 bits per heavy atom. The van der Waals surface area contributed by atoms with Crippen molar-refractivity contribution < 1.29 is 14.3 Å². The van der Waals surface area contributed by atoms with Crippen molar-refractivity contribution in [2.45, 2.75) is 6.61 Å². The van der Waals surface area contributed by atoms with Gasteiger partial charge in [0.2, 0.25) is 5.78 Å². The molecule has 0 bridgehead atoms. The zero-order valence-electron chi connectivity index (χ0n) is 14.1. The van der Waals surface area contributed by atoms with E-state index in [1.54, 1.807) is 24.3 Å². The van der Waals surface area contributed by atoms with Crippen molar-refractivity contribution in [2.24, 2.45) is 0 Å². The first-order chi connectivity index (χ1) is 13.1. The van der Waals surface area contributed by atoms with Crippen LogP contribution in [0.3, 0.4) is 0 Å². The van der Waals surface area contributed by atoms with Crippen LogP contribution in [0, 0.1) is 0 Å². The Hall–Kier alpha value is -2.56. The minimum Gasteiger partial charge on any atom is -0.489 e. The maximum Gasteiger partial charge on any atom is 0.231 e. The molecular formula is C22H14BrClO3. The van der Waals surface area contributed by atoms with E-state index in [4.69, 9.17) is 21.1 Å². The topological polar surface area (TPSA) is 35.5 Å². The summed E-state index contributed by atoms with van der Waals surface area (Å²) in [4.78, 5) is 12.5. The normalized spacial score (nSPS) is 14.1. The third kappa shape index (κ3) is 4.07. The molecule has 0 spiro atoms. The van der Waals surface area contributed by atoms with E-state index in [1.165, 1.54) is 0 Å².